The van der Waals surface area contributed by atoms with Crippen molar-refractivity contribution in [1.29, 1.82) is 0 Å². The average Bonchev–Trinajstić information content (AvgIpc) is 3.08. The van der Waals surface area contributed by atoms with Crippen LogP contribution in [0.2, 0.25) is 5.02 Å². The summed E-state index contributed by atoms with van der Waals surface area (Å²) in [6, 6.07) is 5.65. The molecule has 0 saturated carbocycles. The molecule has 21 heavy (non-hydrogen) atoms. The molecule has 0 amide bonds. The van der Waals surface area contributed by atoms with E-state index < -0.39 is 0 Å². The summed E-state index contributed by atoms with van der Waals surface area (Å²) >= 11 is 6.28. The van der Waals surface area contributed by atoms with Gasteiger partial charge in [0.15, 0.2) is 0 Å². The van der Waals surface area contributed by atoms with Crippen molar-refractivity contribution in [2.75, 3.05) is 5.32 Å². The van der Waals surface area contributed by atoms with Crippen LogP contribution < -0.4 is 5.32 Å². The molecular weight excluding hydrogens is 290 g/mol. The van der Waals surface area contributed by atoms with Crippen LogP contribution >= 0.6 is 11.6 Å². The fourth-order valence-corrected chi connectivity index (χ4v) is 2.41. The Hall–Kier alpha value is -2.34. The van der Waals surface area contributed by atoms with Gasteiger partial charge < -0.3 is 9.84 Å². The number of halogens is 1. The first-order valence-electron chi connectivity index (χ1n) is 6.46. The van der Waals surface area contributed by atoms with Crippen molar-refractivity contribution in [2.45, 2.75) is 20.4 Å². The van der Waals surface area contributed by atoms with E-state index in [1.165, 1.54) is 6.33 Å². The Labute approximate surface area is 126 Å². The summed E-state index contributed by atoms with van der Waals surface area (Å²) in [5.41, 5.74) is 3.56. The van der Waals surface area contributed by atoms with Crippen molar-refractivity contribution < 1.29 is 4.52 Å². The van der Waals surface area contributed by atoms with Crippen LogP contribution in [-0.4, -0.2) is 19.9 Å². The third-order valence-electron chi connectivity index (χ3n) is 3.27. The van der Waals surface area contributed by atoms with Gasteiger partial charge in [0, 0.05) is 12.1 Å². The highest BCUT2D eigenvalue weighted by atomic mass is 35.5. The minimum Gasteiger partial charge on any atom is -0.379 e. The largest absolute Gasteiger partial charge is 0.379 e. The summed E-state index contributed by atoms with van der Waals surface area (Å²) in [5.74, 6) is 0.810. The smallest absolute Gasteiger partial charge is 0.138 e. The zero-order chi connectivity index (χ0) is 14.8. The van der Waals surface area contributed by atoms with Crippen LogP contribution in [-0.2, 0) is 6.54 Å². The quantitative estimate of drug-likeness (QED) is 0.802. The number of anilines is 1. The van der Waals surface area contributed by atoms with Crippen LogP contribution in [0.4, 0.5) is 5.69 Å². The van der Waals surface area contributed by atoms with E-state index in [0.29, 0.717) is 11.6 Å². The van der Waals surface area contributed by atoms with E-state index in [4.69, 9.17) is 16.1 Å². The Bertz CT molecular complexity index is 731. The molecule has 0 unspecified atom stereocenters. The average molecular weight is 304 g/mol. The van der Waals surface area contributed by atoms with Gasteiger partial charge >= 0.3 is 0 Å². The first-order valence-corrected chi connectivity index (χ1v) is 6.83. The lowest BCUT2D eigenvalue weighted by atomic mass is 10.2. The molecule has 0 aliphatic carbocycles. The molecule has 1 aromatic carbocycles. The molecule has 2 heterocycles. The highest BCUT2D eigenvalue weighted by Gasteiger charge is 2.12. The first-order chi connectivity index (χ1) is 10.2. The number of aryl methyl sites for hydroxylation is 2. The van der Waals surface area contributed by atoms with E-state index in [1.54, 1.807) is 11.0 Å². The van der Waals surface area contributed by atoms with Gasteiger partial charge in [-0.15, -0.1) is 0 Å². The molecule has 2 aromatic heterocycles. The Morgan fingerprint density at radius 3 is 2.86 bits per heavy atom. The fourth-order valence-electron chi connectivity index (χ4n) is 2.15. The van der Waals surface area contributed by atoms with Gasteiger partial charge in [-0.1, -0.05) is 22.8 Å². The Kier molecular flexibility index (Phi) is 3.62. The molecule has 3 aromatic rings. The molecule has 0 radical (unpaired) electrons. The van der Waals surface area contributed by atoms with Gasteiger partial charge in [-0.05, 0) is 26.0 Å². The molecule has 7 heteroatoms. The molecule has 0 fully saturated rings. The third-order valence-corrected chi connectivity index (χ3v) is 3.58. The summed E-state index contributed by atoms with van der Waals surface area (Å²) in [6.45, 7) is 4.42. The third kappa shape index (κ3) is 2.62. The lowest BCUT2D eigenvalue weighted by Gasteiger charge is -2.13. The predicted octanol–water partition coefficient (Wildman–Crippen LogP) is 3.14. The minimum atomic E-state index is 0.600. The predicted molar refractivity (Wildman–Crippen MR) is 79.7 cm³/mol. The molecule has 0 aliphatic rings. The zero-order valence-electron chi connectivity index (χ0n) is 11.7. The van der Waals surface area contributed by atoms with Crippen molar-refractivity contribution in [1.82, 2.24) is 19.9 Å². The monoisotopic (exact) mass is 303 g/mol. The number of para-hydroxylation sites is 1. The minimum absolute atomic E-state index is 0.600. The van der Waals surface area contributed by atoms with E-state index in [0.717, 1.165) is 28.4 Å². The van der Waals surface area contributed by atoms with Crippen molar-refractivity contribution in [2.24, 2.45) is 0 Å². The highest BCUT2D eigenvalue weighted by molar-refractivity contribution is 6.33. The zero-order valence-corrected chi connectivity index (χ0v) is 12.4. The van der Waals surface area contributed by atoms with Gasteiger partial charge in [0.2, 0.25) is 0 Å². The van der Waals surface area contributed by atoms with Crippen molar-refractivity contribution in [3.8, 4) is 5.69 Å². The second-order valence-electron chi connectivity index (χ2n) is 4.63. The SMILES string of the molecule is Cc1noc(C)c1CNc1cccc(Cl)c1-n1cncn1. The van der Waals surface area contributed by atoms with Gasteiger partial charge in [-0.2, -0.15) is 5.10 Å². The summed E-state index contributed by atoms with van der Waals surface area (Å²) in [6.07, 6.45) is 3.09. The summed E-state index contributed by atoms with van der Waals surface area (Å²) in [7, 11) is 0. The number of hydrogen-bond donors (Lipinski definition) is 1. The summed E-state index contributed by atoms with van der Waals surface area (Å²) < 4.78 is 6.80. The first kappa shape index (κ1) is 13.6. The maximum atomic E-state index is 6.28. The fraction of sp³-hybridized carbons (Fsp3) is 0.214. The van der Waals surface area contributed by atoms with Gasteiger partial charge in [0.05, 0.1) is 16.4 Å². The molecule has 0 spiro atoms. The van der Waals surface area contributed by atoms with Crippen LogP contribution in [0, 0.1) is 13.8 Å². The van der Waals surface area contributed by atoms with E-state index in [2.05, 4.69) is 20.6 Å². The van der Waals surface area contributed by atoms with Crippen molar-refractivity contribution in [3.05, 3.63) is 52.9 Å². The Balaban J connectivity index is 1.91. The van der Waals surface area contributed by atoms with Gasteiger partial charge in [-0.25, -0.2) is 9.67 Å². The number of rotatable bonds is 4. The molecule has 0 bridgehead atoms. The molecule has 3 rings (SSSR count). The number of aromatic nitrogens is 4. The Morgan fingerprint density at radius 1 is 1.33 bits per heavy atom. The molecule has 0 saturated heterocycles. The molecule has 1 N–H and O–H groups in total. The molecular formula is C14H14ClN5O. The van der Waals surface area contributed by atoms with E-state index >= 15 is 0 Å². The molecule has 0 atom stereocenters. The van der Waals surface area contributed by atoms with Gasteiger partial charge in [0.25, 0.3) is 0 Å². The number of nitrogens with zero attached hydrogens (tertiary/aromatic N) is 4. The van der Waals surface area contributed by atoms with E-state index in [-0.39, 0.29) is 0 Å². The van der Waals surface area contributed by atoms with E-state index in [9.17, 15) is 0 Å². The molecule has 6 nitrogen and oxygen atoms in total. The topological polar surface area (TPSA) is 68.8 Å². The van der Waals surface area contributed by atoms with Gasteiger partial charge in [-0.3, -0.25) is 0 Å². The van der Waals surface area contributed by atoms with Crippen LogP contribution in [0.5, 0.6) is 0 Å². The van der Waals surface area contributed by atoms with Crippen molar-refractivity contribution >= 4 is 17.3 Å². The standard InChI is InChI=1S/C14H14ClN5O/c1-9-11(10(2)21-19-9)6-17-13-5-3-4-12(15)14(13)20-8-16-7-18-20/h3-5,7-8,17H,6H2,1-2H3. The van der Waals surface area contributed by atoms with Crippen molar-refractivity contribution in [3.63, 3.8) is 0 Å². The summed E-state index contributed by atoms with van der Waals surface area (Å²) in [4.78, 5) is 3.96. The lowest BCUT2D eigenvalue weighted by molar-refractivity contribution is 0.392. The maximum absolute atomic E-state index is 6.28. The second kappa shape index (κ2) is 5.57. The Morgan fingerprint density at radius 2 is 2.19 bits per heavy atom. The molecule has 0 aliphatic heterocycles. The van der Waals surface area contributed by atoms with Crippen LogP contribution in [0.1, 0.15) is 17.0 Å². The summed E-state index contributed by atoms with van der Waals surface area (Å²) in [5, 5.41) is 12.0. The maximum Gasteiger partial charge on any atom is 0.138 e. The van der Waals surface area contributed by atoms with Crippen LogP contribution in [0.3, 0.4) is 0 Å². The number of hydrogen-bond acceptors (Lipinski definition) is 5. The molecule has 108 valence electrons. The number of benzene rings is 1. The lowest BCUT2D eigenvalue weighted by Crippen LogP contribution is -2.06. The second-order valence-corrected chi connectivity index (χ2v) is 5.04. The van der Waals surface area contributed by atoms with Crippen LogP contribution in [0.15, 0.2) is 35.4 Å². The highest BCUT2D eigenvalue weighted by Crippen LogP contribution is 2.28. The van der Waals surface area contributed by atoms with Crippen LogP contribution in [0.25, 0.3) is 5.69 Å². The van der Waals surface area contributed by atoms with Gasteiger partial charge in [0.1, 0.15) is 24.1 Å². The normalized spacial score (nSPS) is 10.8. The van der Waals surface area contributed by atoms with E-state index in [1.807, 2.05) is 32.0 Å². The number of nitrogens with one attached hydrogen (secondary N) is 1.